The number of amides is 2. The van der Waals surface area contributed by atoms with E-state index in [1.807, 2.05) is 24.3 Å². The Bertz CT molecular complexity index is 1020. The summed E-state index contributed by atoms with van der Waals surface area (Å²) in [6, 6.07) is 8.17. The van der Waals surface area contributed by atoms with E-state index >= 15 is 0 Å². The molecule has 0 radical (unpaired) electrons. The van der Waals surface area contributed by atoms with Crippen LogP contribution in [0.15, 0.2) is 41.4 Å². The largest absolute Gasteiger partial charge is 0.417 e. The molecule has 158 valence electrons. The molecule has 11 heteroatoms. The third-order valence-corrected chi connectivity index (χ3v) is 6.66. The van der Waals surface area contributed by atoms with E-state index in [1.54, 1.807) is 4.90 Å². The monoisotopic (exact) mass is 456 g/mol. The lowest BCUT2D eigenvalue weighted by Crippen LogP contribution is -2.53. The molecule has 1 unspecified atom stereocenters. The number of nitrogens with one attached hydrogen (secondary N) is 2. The number of rotatable bonds is 5. The third-order valence-electron chi connectivity index (χ3n) is 4.90. The highest BCUT2D eigenvalue weighted by Gasteiger charge is 2.57. The van der Waals surface area contributed by atoms with E-state index < -0.39 is 16.6 Å². The van der Waals surface area contributed by atoms with Crippen molar-refractivity contribution in [1.29, 1.82) is 0 Å². The first-order chi connectivity index (χ1) is 14.2. The molecular formula is C19H16ClF3N4O2S. The number of hydrogen-bond acceptors (Lipinski definition) is 5. The number of thioether (sulfide) groups is 1. The molecule has 30 heavy (non-hydrogen) atoms. The second kappa shape index (κ2) is 7.66. The van der Waals surface area contributed by atoms with Crippen molar-refractivity contribution >= 4 is 46.7 Å². The highest BCUT2D eigenvalue weighted by atomic mass is 35.5. The molecule has 4 rings (SSSR count). The minimum Gasteiger partial charge on any atom is -0.367 e. The number of halogens is 4. The van der Waals surface area contributed by atoms with Crippen LogP contribution in [0.3, 0.4) is 0 Å². The van der Waals surface area contributed by atoms with Crippen molar-refractivity contribution in [1.82, 2.24) is 10.3 Å². The van der Waals surface area contributed by atoms with Gasteiger partial charge in [-0.25, -0.2) is 4.98 Å². The topological polar surface area (TPSA) is 74.3 Å². The van der Waals surface area contributed by atoms with Crippen molar-refractivity contribution in [3.63, 3.8) is 0 Å². The lowest BCUT2D eigenvalue weighted by atomic mass is 10.2. The summed E-state index contributed by atoms with van der Waals surface area (Å²) in [6.07, 6.45) is -3.14. The van der Waals surface area contributed by atoms with Crippen LogP contribution in [0.1, 0.15) is 18.4 Å². The lowest BCUT2D eigenvalue weighted by Gasteiger charge is -2.29. The average molecular weight is 457 g/mol. The van der Waals surface area contributed by atoms with Gasteiger partial charge in [-0.15, -0.1) is 0 Å². The summed E-state index contributed by atoms with van der Waals surface area (Å²) in [5.41, 5.74) is -0.201. The number of aromatic nitrogens is 1. The Balaban J connectivity index is 1.37. The van der Waals surface area contributed by atoms with Crippen LogP contribution in [-0.4, -0.2) is 34.8 Å². The fourth-order valence-electron chi connectivity index (χ4n) is 3.52. The fraction of sp³-hybridized carbons (Fsp3) is 0.316. The summed E-state index contributed by atoms with van der Waals surface area (Å²) < 4.78 is 38.0. The molecule has 1 aromatic heterocycles. The van der Waals surface area contributed by atoms with Gasteiger partial charge in [-0.05, 0) is 24.6 Å². The Hall–Kier alpha value is -2.46. The quantitative estimate of drug-likeness (QED) is 0.667. The van der Waals surface area contributed by atoms with Crippen molar-refractivity contribution in [3.05, 3.63) is 47.1 Å². The molecular weight excluding hydrogens is 441 g/mol. The van der Waals surface area contributed by atoms with Crippen LogP contribution in [0.5, 0.6) is 0 Å². The number of carbonyl (C=O) groups excluding carboxylic acids is 2. The predicted octanol–water partition coefficient (Wildman–Crippen LogP) is 3.91. The van der Waals surface area contributed by atoms with Gasteiger partial charge in [0.2, 0.25) is 5.91 Å². The van der Waals surface area contributed by atoms with Crippen LogP contribution in [0.4, 0.5) is 24.7 Å². The molecule has 2 aromatic rings. The highest BCUT2D eigenvalue weighted by Crippen LogP contribution is 2.55. The number of benzene rings is 1. The second-order valence-corrected chi connectivity index (χ2v) is 8.54. The zero-order chi connectivity index (χ0) is 21.5. The molecule has 1 aromatic carbocycles. The summed E-state index contributed by atoms with van der Waals surface area (Å²) in [5.74, 6) is -0.290. The Labute approximate surface area is 179 Å². The minimum absolute atomic E-state index is 0.0948. The van der Waals surface area contributed by atoms with E-state index in [1.165, 1.54) is 11.8 Å². The van der Waals surface area contributed by atoms with E-state index in [0.29, 0.717) is 12.6 Å². The molecule has 2 amide bonds. The highest BCUT2D eigenvalue weighted by molar-refractivity contribution is 8.02. The molecule has 1 atom stereocenters. The van der Waals surface area contributed by atoms with Gasteiger partial charge in [0.25, 0.3) is 5.91 Å². The van der Waals surface area contributed by atoms with Gasteiger partial charge >= 0.3 is 6.18 Å². The molecule has 1 fully saturated rings. The van der Waals surface area contributed by atoms with Gasteiger partial charge in [0, 0.05) is 30.6 Å². The van der Waals surface area contributed by atoms with Gasteiger partial charge in [0.05, 0.1) is 16.3 Å². The molecule has 6 nitrogen and oxygen atoms in total. The van der Waals surface area contributed by atoms with Crippen molar-refractivity contribution < 1.29 is 22.8 Å². The number of carbonyl (C=O) groups is 2. The number of fused-ring (bicyclic) bond motifs is 3. The maximum absolute atomic E-state index is 13.0. The van der Waals surface area contributed by atoms with Crippen molar-refractivity contribution in [2.75, 3.05) is 23.3 Å². The van der Waals surface area contributed by atoms with Gasteiger partial charge in [-0.2, -0.15) is 13.2 Å². The summed E-state index contributed by atoms with van der Waals surface area (Å²) in [4.78, 5) is 30.5. The van der Waals surface area contributed by atoms with E-state index in [-0.39, 0.29) is 42.2 Å². The van der Waals surface area contributed by atoms with Crippen molar-refractivity contribution in [2.24, 2.45) is 0 Å². The van der Waals surface area contributed by atoms with Gasteiger partial charge < -0.3 is 10.6 Å². The van der Waals surface area contributed by atoms with Crippen LogP contribution in [-0.2, 0) is 15.8 Å². The van der Waals surface area contributed by atoms with Crippen LogP contribution in [0.25, 0.3) is 0 Å². The molecule has 2 aliphatic heterocycles. The van der Waals surface area contributed by atoms with E-state index in [9.17, 15) is 22.8 Å². The smallest absolute Gasteiger partial charge is 0.367 e. The van der Waals surface area contributed by atoms with Crippen LogP contribution >= 0.6 is 23.4 Å². The first-order valence-electron chi connectivity index (χ1n) is 9.08. The molecule has 0 saturated carbocycles. The maximum atomic E-state index is 13.0. The first kappa shape index (κ1) is 20.8. The van der Waals surface area contributed by atoms with Crippen LogP contribution < -0.4 is 15.5 Å². The number of alkyl halides is 3. The van der Waals surface area contributed by atoms with E-state index in [4.69, 9.17) is 11.6 Å². The number of pyridine rings is 1. The van der Waals surface area contributed by atoms with Gasteiger partial charge in [-0.1, -0.05) is 35.5 Å². The first-order valence-corrected chi connectivity index (χ1v) is 10.3. The molecule has 0 spiro atoms. The summed E-state index contributed by atoms with van der Waals surface area (Å²) in [6.45, 7) is 0.379. The Morgan fingerprint density at radius 2 is 2.07 bits per heavy atom. The van der Waals surface area contributed by atoms with E-state index in [2.05, 4.69) is 15.6 Å². The maximum Gasteiger partial charge on any atom is 0.417 e. The number of nitrogens with zero attached hydrogens (tertiary/aromatic N) is 2. The zero-order valence-corrected chi connectivity index (χ0v) is 17.0. The molecule has 2 N–H and O–H groups in total. The summed E-state index contributed by atoms with van der Waals surface area (Å²) in [5, 5.41) is 5.45. The van der Waals surface area contributed by atoms with Crippen LogP contribution in [0.2, 0.25) is 5.02 Å². The predicted molar refractivity (Wildman–Crippen MR) is 107 cm³/mol. The SMILES string of the molecule is O=C1CCC2(C(=O)NCCNc3ncc(C(F)(F)F)cc3Cl)Sc3ccccc3N12. The second-order valence-electron chi connectivity index (χ2n) is 6.82. The van der Waals surface area contributed by atoms with Gasteiger partial charge in [-0.3, -0.25) is 14.5 Å². The third kappa shape index (κ3) is 3.58. The number of para-hydroxylation sites is 1. The minimum atomic E-state index is -4.52. The standard InChI is InChI=1S/C19H16ClF3N4O2S/c20-12-9-11(19(21,22)23)10-26-16(12)24-7-8-25-17(29)18-6-5-15(28)27(18)13-3-1-2-4-14(13)30-18/h1-4,9-10H,5-8H2,(H,24,26)(H,25,29). The van der Waals surface area contributed by atoms with Crippen LogP contribution in [0, 0.1) is 0 Å². The van der Waals surface area contributed by atoms with Crippen molar-refractivity contribution in [2.45, 2.75) is 28.8 Å². The van der Waals surface area contributed by atoms with Gasteiger partial charge in [0.1, 0.15) is 5.82 Å². The van der Waals surface area contributed by atoms with Crippen molar-refractivity contribution in [3.8, 4) is 0 Å². The molecule has 2 aliphatic rings. The zero-order valence-electron chi connectivity index (χ0n) is 15.4. The molecule has 0 bridgehead atoms. The average Bonchev–Trinajstić information content (AvgIpc) is 3.21. The normalized spacial score (nSPS) is 20.1. The Morgan fingerprint density at radius 1 is 1.30 bits per heavy atom. The molecule has 0 aliphatic carbocycles. The molecule has 1 saturated heterocycles. The Morgan fingerprint density at radius 3 is 2.80 bits per heavy atom. The molecule has 3 heterocycles. The number of anilines is 2. The Kier molecular flexibility index (Phi) is 5.31. The fourth-order valence-corrected chi connectivity index (χ4v) is 5.18. The summed E-state index contributed by atoms with van der Waals surface area (Å²) in [7, 11) is 0. The summed E-state index contributed by atoms with van der Waals surface area (Å²) >= 11 is 7.22. The lowest BCUT2D eigenvalue weighted by molar-refractivity contribution is -0.137. The van der Waals surface area contributed by atoms with E-state index in [0.717, 1.165) is 16.6 Å². The van der Waals surface area contributed by atoms with Gasteiger partial charge in [0.15, 0.2) is 4.87 Å². The number of hydrogen-bond donors (Lipinski definition) is 2.